The van der Waals surface area contributed by atoms with E-state index in [9.17, 15) is 0 Å². The predicted molar refractivity (Wildman–Crippen MR) is 75.3 cm³/mol. The van der Waals surface area contributed by atoms with E-state index in [2.05, 4.69) is 30.6 Å². The molecule has 1 unspecified atom stereocenters. The second-order valence-corrected chi connectivity index (χ2v) is 5.68. The molecule has 0 amide bonds. The van der Waals surface area contributed by atoms with Crippen molar-refractivity contribution in [2.24, 2.45) is 11.8 Å². The van der Waals surface area contributed by atoms with Gasteiger partial charge in [0.05, 0.1) is 17.8 Å². The molecule has 1 atom stereocenters. The Kier molecular flexibility index (Phi) is 4.60. The molecule has 0 saturated heterocycles. The molecule has 19 heavy (non-hydrogen) atoms. The topological polar surface area (TPSA) is 65.1 Å². The summed E-state index contributed by atoms with van der Waals surface area (Å²) in [5.41, 5.74) is 3.86. The summed E-state index contributed by atoms with van der Waals surface area (Å²) in [6, 6.07) is 0.00491. The second-order valence-electron chi connectivity index (χ2n) is 5.68. The van der Waals surface area contributed by atoms with Gasteiger partial charge in [0.25, 0.3) is 0 Å². The lowest BCUT2D eigenvalue weighted by molar-refractivity contribution is -0.0761. The van der Waals surface area contributed by atoms with Crippen LogP contribution in [0, 0.1) is 5.92 Å². The van der Waals surface area contributed by atoms with Gasteiger partial charge in [0.2, 0.25) is 0 Å². The molecule has 1 fully saturated rings. The summed E-state index contributed by atoms with van der Waals surface area (Å²) >= 11 is 0. The third kappa shape index (κ3) is 2.83. The van der Waals surface area contributed by atoms with Crippen LogP contribution in [0.15, 0.2) is 12.4 Å². The van der Waals surface area contributed by atoms with Gasteiger partial charge in [0.15, 0.2) is 0 Å². The first-order valence-electron chi connectivity index (χ1n) is 7.19. The molecule has 3 N–H and O–H groups in total. The summed E-state index contributed by atoms with van der Waals surface area (Å²) < 4.78 is 7.82. The molecule has 0 aliphatic heterocycles. The van der Waals surface area contributed by atoms with Crippen molar-refractivity contribution in [1.29, 1.82) is 0 Å². The van der Waals surface area contributed by atoms with E-state index in [0.717, 1.165) is 30.9 Å². The van der Waals surface area contributed by atoms with Crippen molar-refractivity contribution in [1.82, 2.24) is 15.2 Å². The summed E-state index contributed by atoms with van der Waals surface area (Å²) in [5, 5.41) is 4.34. The molecule has 0 radical (unpaired) electrons. The molecule has 108 valence electrons. The van der Waals surface area contributed by atoms with Gasteiger partial charge in [-0.15, -0.1) is 0 Å². The number of aryl methyl sites for hydroxylation is 1. The normalized spacial score (nSPS) is 29.4. The molecule has 1 aliphatic rings. The molecule has 1 aromatic rings. The Morgan fingerprint density at radius 3 is 2.74 bits per heavy atom. The Labute approximate surface area is 115 Å². The maximum Gasteiger partial charge on any atom is 0.0886 e. The number of methoxy groups -OCH3 is 1. The van der Waals surface area contributed by atoms with Gasteiger partial charge >= 0.3 is 0 Å². The van der Waals surface area contributed by atoms with Crippen molar-refractivity contribution < 1.29 is 4.74 Å². The van der Waals surface area contributed by atoms with Crippen LogP contribution in [0.1, 0.15) is 51.1 Å². The van der Waals surface area contributed by atoms with Crippen LogP contribution < -0.4 is 11.3 Å². The predicted octanol–water partition coefficient (Wildman–Crippen LogP) is 2.00. The van der Waals surface area contributed by atoms with E-state index in [1.807, 2.05) is 10.9 Å². The van der Waals surface area contributed by atoms with E-state index in [1.165, 1.54) is 12.8 Å². The molecule has 2 rings (SSSR count). The van der Waals surface area contributed by atoms with Crippen LogP contribution in [0.2, 0.25) is 0 Å². The maximum absolute atomic E-state index is 5.90. The Bertz CT molecular complexity index is 396. The molecule has 1 aromatic heterocycles. The van der Waals surface area contributed by atoms with Crippen LogP contribution >= 0.6 is 0 Å². The number of rotatable bonds is 5. The molecule has 1 aliphatic carbocycles. The van der Waals surface area contributed by atoms with Crippen LogP contribution in [-0.2, 0) is 11.3 Å². The number of hydrogen-bond acceptors (Lipinski definition) is 4. The van der Waals surface area contributed by atoms with E-state index in [4.69, 9.17) is 10.6 Å². The average molecular weight is 266 g/mol. The third-order valence-corrected chi connectivity index (χ3v) is 4.53. The third-order valence-electron chi connectivity index (χ3n) is 4.53. The highest BCUT2D eigenvalue weighted by atomic mass is 16.5. The first kappa shape index (κ1) is 14.5. The standard InChI is InChI=1S/C14H26N4O/c1-4-18-10-12(9-16-18)13(17-15)14(19-3)7-5-11(2)6-8-14/h9-11,13,17H,4-8,15H2,1-3H3. The van der Waals surface area contributed by atoms with Gasteiger partial charge < -0.3 is 4.74 Å². The molecule has 0 aromatic carbocycles. The molecule has 5 nitrogen and oxygen atoms in total. The van der Waals surface area contributed by atoms with Crippen LogP contribution in [-0.4, -0.2) is 22.5 Å². The van der Waals surface area contributed by atoms with Crippen molar-refractivity contribution in [3.05, 3.63) is 18.0 Å². The van der Waals surface area contributed by atoms with Crippen LogP contribution in [0.3, 0.4) is 0 Å². The summed E-state index contributed by atoms with van der Waals surface area (Å²) in [5.74, 6) is 6.59. The van der Waals surface area contributed by atoms with Crippen molar-refractivity contribution in [3.8, 4) is 0 Å². The zero-order chi connectivity index (χ0) is 13.9. The Morgan fingerprint density at radius 1 is 1.58 bits per heavy atom. The van der Waals surface area contributed by atoms with E-state index in [1.54, 1.807) is 7.11 Å². The molecule has 0 spiro atoms. The van der Waals surface area contributed by atoms with Gasteiger partial charge in [-0.2, -0.15) is 5.10 Å². The van der Waals surface area contributed by atoms with Gasteiger partial charge in [0, 0.05) is 25.4 Å². The number of nitrogens with two attached hydrogens (primary N) is 1. The number of ether oxygens (including phenoxy) is 1. The largest absolute Gasteiger partial charge is 0.376 e. The highest BCUT2D eigenvalue weighted by Crippen LogP contribution is 2.42. The number of hydrazine groups is 1. The van der Waals surface area contributed by atoms with E-state index in [-0.39, 0.29) is 11.6 Å². The highest BCUT2D eigenvalue weighted by molar-refractivity contribution is 5.17. The Balaban J connectivity index is 2.23. The van der Waals surface area contributed by atoms with E-state index >= 15 is 0 Å². The average Bonchev–Trinajstić information content (AvgIpc) is 2.90. The monoisotopic (exact) mass is 266 g/mol. The minimum Gasteiger partial charge on any atom is -0.376 e. The quantitative estimate of drug-likeness (QED) is 0.632. The highest BCUT2D eigenvalue weighted by Gasteiger charge is 2.42. The summed E-state index contributed by atoms with van der Waals surface area (Å²) in [6.07, 6.45) is 8.41. The van der Waals surface area contributed by atoms with Crippen LogP contribution in [0.5, 0.6) is 0 Å². The van der Waals surface area contributed by atoms with Crippen molar-refractivity contribution in [2.45, 2.75) is 57.7 Å². The maximum atomic E-state index is 5.90. The van der Waals surface area contributed by atoms with E-state index < -0.39 is 0 Å². The van der Waals surface area contributed by atoms with Crippen LogP contribution in [0.25, 0.3) is 0 Å². The van der Waals surface area contributed by atoms with E-state index in [0.29, 0.717) is 0 Å². The van der Waals surface area contributed by atoms with Gasteiger partial charge in [-0.05, 0) is 38.5 Å². The van der Waals surface area contributed by atoms with Crippen molar-refractivity contribution in [3.63, 3.8) is 0 Å². The number of hydrogen-bond donors (Lipinski definition) is 2. The summed E-state index contributed by atoms with van der Waals surface area (Å²) in [7, 11) is 1.80. The smallest absolute Gasteiger partial charge is 0.0886 e. The lowest BCUT2D eigenvalue weighted by Gasteiger charge is -2.43. The van der Waals surface area contributed by atoms with Crippen molar-refractivity contribution >= 4 is 0 Å². The molecule has 1 saturated carbocycles. The molecule has 1 heterocycles. The summed E-state index contributed by atoms with van der Waals surface area (Å²) in [6.45, 7) is 5.25. The Hall–Kier alpha value is -0.910. The first-order chi connectivity index (χ1) is 9.15. The SMILES string of the molecule is CCn1cc(C(NN)C2(OC)CCC(C)CC2)cn1. The number of nitrogens with one attached hydrogen (secondary N) is 1. The first-order valence-corrected chi connectivity index (χ1v) is 7.19. The Morgan fingerprint density at radius 2 is 2.26 bits per heavy atom. The fourth-order valence-corrected chi connectivity index (χ4v) is 3.11. The molecular formula is C14H26N4O. The van der Waals surface area contributed by atoms with Crippen LogP contribution in [0.4, 0.5) is 0 Å². The summed E-state index contributed by atoms with van der Waals surface area (Å²) in [4.78, 5) is 0. The zero-order valence-corrected chi connectivity index (χ0v) is 12.2. The minimum atomic E-state index is -0.205. The minimum absolute atomic E-state index is 0.00491. The molecular weight excluding hydrogens is 240 g/mol. The lowest BCUT2D eigenvalue weighted by atomic mass is 9.74. The number of aromatic nitrogens is 2. The number of nitrogens with zero attached hydrogens (tertiary/aromatic N) is 2. The second kappa shape index (κ2) is 6.03. The lowest BCUT2D eigenvalue weighted by Crippen LogP contribution is -2.49. The van der Waals surface area contributed by atoms with Gasteiger partial charge in [-0.3, -0.25) is 10.5 Å². The van der Waals surface area contributed by atoms with Gasteiger partial charge in [-0.25, -0.2) is 5.43 Å². The molecule has 5 heteroatoms. The zero-order valence-electron chi connectivity index (χ0n) is 12.2. The fourth-order valence-electron chi connectivity index (χ4n) is 3.11. The molecule has 0 bridgehead atoms. The van der Waals surface area contributed by atoms with Gasteiger partial charge in [-0.1, -0.05) is 6.92 Å². The van der Waals surface area contributed by atoms with Gasteiger partial charge in [0.1, 0.15) is 0 Å². The fraction of sp³-hybridized carbons (Fsp3) is 0.786. The van der Waals surface area contributed by atoms with Crippen molar-refractivity contribution in [2.75, 3.05) is 7.11 Å².